The predicted molar refractivity (Wildman–Crippen MR) is 115 cm³/mol. The van der Waals surface area contributed by atoms with Crippen molar-refractivity contribution in [3.63, 3.8) is 0 Å². The van der Waals surface area contributed by atoms with E-state index in [0.29, 0.717) is 5.56 Å². The fourth-order valence-corrected chi connectivity index (χ4v) is 2.98. The van der Waals surface area contributed by atoms with Crippen molar-refractivity contribution in [2.24, 2.45) is 0 Å². The Morgan fingerprint density at radius 3 is 2.27 bits per heavy atom. The van der Waals surface area contributed by atoms with Gasteiger partial charge in [0.25, 0.3) is 0 Å². The fourth-order valence-electron chi connectivity index (χ4n) is 2.98. The van der Waals surface area contributed by atoms with Crippen molar-refractivity contribution < 1.29 is 24.2 Å². The minimum Gasteiger partial charge on any atom is -0.444 e. The Labute approximate surface area is 179 Å². The molecule has 8 nitrogen and oxygen atoms in total. The highest BCUT2D eigenvalue weighted by Crippen LogP contribution is 2.23. The van der Waals surface area contributed by atoms with Gasteiger partial charge in [0.05, 0.1) is 6.61 Å². The molecule has 1 aromatic carbocycles. The second-order valence-electron chi connectivity index (χ2n) is 8.49. The highest BCUT2D eigenvalue weighted by Gasteiger charge is 2.35. The van der Waals surface area contributed by atoms with Gasteiger partial charge in [-0.3, -0.25) is 9.59 Å². The largest absolute Gasteiger partial charge is 0.444 e. The second kappa shape index (κ2) is 11.0. The van der Waals surface area contributed by atoms with Crippen molar-refractivity contribution in [3.05, 3.63) is 35.4 Å². The number of ether oxygens (including phenoxy) is 1. The molecule has 0 saturated carbocycles. The van der Waals surface area contributed by atoms with Gasteiger partial charge >= 0.3 is 6.09 Å². The van der Waals surface area contributed by atoms with Crippen LogP contribution in [0.5, 0.6) is 0 Å². The Bertz CT molecular complexity index is 743. The molecule has 0 radical (unpaired) electrons. The zero-order chi connectivity index (χ0) is 23.1. The average Bonchev–Trinajstić information content (AvgIpc) is 2.61. The third-order valence-corrected chi connectivity index (χ3v) is 4.14. The first-order valence-electron chi connectivity index (χ1n) is 10.2. The summed E-state index contributed by atoms with van der Waals surface area (Å²) in [6, 6.07) is 5.09. The van der Waals surface area contributed by atoms with Gasteiger partial charge in [-0.2, -0.15) is 0 Å². The molecule has 0 aliphatic rings. The van der Waals surface area contributed by atoms with E-state index in [2.05, 4.69) is 10.6 Å². The quantitative estimate of drug-likeness (QED) is 0.597. The molecule has 0 aliphatic carbocycles. The first kappa shape index (κ1) is 25.4. The zero-order valence-corrected chi connectivity index (χ0v) is 19.0. The maximum Gasteiger partial charge on any atom is 0.408 e. The minimum atomic E-state index is -1.24. The van der Waals surface area contributed by atoms with Crippen molar-refractivity contribution in [2.75, 3.05) is 13.2 Å². The number of aliphatic hydroxyl groups is 1. The van der Waals surface area contributed by atoms with E-state index in [0.717, 1.165) is 5.56 Å². The van der Waals surface area contributed by atoms with Gasteiger partial charge in [-0.1, -0.05) is 29.8 Å². The average molecular weight is 422 g/mol. The molecule has 30 heavy (non-hydrogen) atoms. The monoisotopic (exact) mass is 421 g/mol. The molecule has 0 aromatic heterocycles. The molecule has 1 aromatic rings. The first-order valence-corrected chi connectivity index (χ1v) is 10.2. The van der Waals surface area contributed by atoms with Crippen LogP contribution in [0.4, 0.5) is 4.79 Å². The summed E-state index contributed by atoms with van der Waals surface area (Å²) in [5.74, 6) is -0.906. The van der Waals surface area contributed by atoms with E-state index in [-0.39, 0.29) is 18.5 Å². The Morgan fingerprint density at radius 2 is 1.80 bits per heavy atom. The van der Waals surface area contributed by atoms with E-state index < -0.39 is 36.3 Å². The maximum atomic E-state index is 13.2. The summed E-state index contributed by atoms with van der Waals surface area (Å²) in [5.41, 5.74) is 0.847. The lowest BCUT2D eigenvalue weighted by atomic mass is 10.0. The van der Waals surface area contributed by atoms with Gasteiger partial charge in [-0.05, 0) is 54.0 Å². The molecule has 0 aliphatic heterocycles. The minimum absolute atomic E-state index is 0.118. The number of carbonyl (C=O) groups is 3. The molecule has 3 N–H and O–H groups in total. The van der Waals surface area contributed by atoms with E-state index >= 15 is 0 Å². The van der Waals surface area contributed by atoms with Crippen LogP contribution >= 0.6 is 0 Å². The van der Waals surface area contributed by atoms with Crippen LogP contribution in [0.2, 0.25) is 0 Å². The van der Waals surface area contributed by atoms with E-state index in [1.54, 1.807) is 33.8 Å². The summed E-state index contributed by atoms with van der Waals surface area (Å²) >= 11 is 0. The number of hydrogen-bond acceptors (Lipinski definition) is 5. The molecule has 168 valence electrons. The van der Waals surface area contributed by atoms with Gasteiger partial charge in [-0.15, -0.1) is 0 Å². The molecule has 3 amide bonds. The third-order valence-electron chi connectivity index (χ3n) is 4.14. The van der Waals surface area contributed by atoms with Crippen LogP contribution in [-0.4, -0.2) is 58.8 Å². The van der Waals surface area contributed by atoms with Crippen molar-refractivity contribution in [1.29, 1.82) is 0 Å². The van der Waals surface area contributed by atoms with Gasteiger partial charge in [0.2, 0.25) is 11.8 Å². The second-order valence-corrected chi connectivity index (χ2v) is 8.49. The van der Waals surface area contributed by atoms with Crippen LogP contribution in [0.1, 0.15) is 58.7 Å². The number of carbonyl (C=O) groups excluding carboxylic acids is 3. The topological polar surface area (TPSA) is 108 Å². The highest BCUT2D eigenvalue weighted by molar-refractivity contribution is 5.92. The number of likely N-dealkylation sites (N-methyl/N-ethyl adjacent to an activating group) is 1. The fraction of sp³-hybridized carbons (Fsp3) is 0.591. The number of benzene rings is 1. The van der Waals surface area contributed by atoms with Crippen molar-refractivity contribution in [1.82, 2.24) is 15.5 Å². The Morgan fingerprint density at radius 1 is 1.17 bits per heavy atom. The number of nitrogens with one attached hydrogen (secondary N) is 2. The number of hydrogen-bond donors (Lipinski definition) is 3. The van der Waals surface area contributed by atoms with Gasteiger partial charge in [0.15, 0.2) is 0 Å². The van der Waals surface area contributed by atoms with E-state index in [9.17, 15) is 19.5 Å². The Balaban J connectivity index is 3.22. The van der Waals surface area contributed by atoms with Gasteiger partial charge in [0.1, 0.15) is 17.7 Å². The third kappa shape index (κ3) is 7.67. The van der Waals surface area contributed by atoms with Gasteiger partial charge in [0, 0.05) is 12.6 Å². The summed E-state index contributed by atoms with van der Waals surface area (Å²) in [6.45, 7) is 12.0. The molecule has 0 heterocycles. The molecule has 0 bridgehead atoms. The molecule has 8 heteroatoms. The molecular weight excluding hydrogens is 386 g/mol. The Hall–Kier alpha value is -2.61. The molecule has 0 fully saturated rings. The molecule has 2 atom stereocenters. The van der Waals surface area contributed by atoms with Crippen molar-refractivity contribution in [2.45, 2.75) is 72.2 Å². The Kier molecular flexibility index (Phi) is 9.29. The van der Waals surface area contributed by atoms with Crippen molar-refractivity contribution in [3.8, 4) is 0 Å². The summed E-state index contributed by atoms with van der Waals surface area (Å²) < 4.78 is 5.18. The number of amides is 3. The lowest BCUT2D eigenvalue weighted by Gasteiger charge is -2.33. The van der Waals surface area contributed by atoms with E-state index in [1.807, 2.05) is 39.0 Å². The molecular formula is C22H35N3O5. The molecule has 1 rings (SSSR count). The highest BCUT2D eigenvalue weighted by atomic mass is 16.6. The lowest BCUT2D eigenvalue weighted by molar-refractivity contribution is -0.143. The van der Waals surface area contributed by atoms with Crippen molar-refractivity contribution >= 4 is 17.9 Å². The number of alkyl carbamates (subject to hydrolysis) is 1. The van der Waals surface area contributed by atoms with E-state index in [1.165, 1.54) is 4.90 Å². The molecule has 0 spiro atoms. The van der Waals surface area contributed by atoms with Crippen LogP contribution in [0.25, 0.3) is 0 Å². The number of nitrogens with zero attached hydrogens (tertiary/aromatic N) is 1. The summed E-state index contributed by atoms with van der Waals surface area (Å²) in [6.07, 6.45) is -0.815. The zero-order valence-electron chi connectivity index (χ0n) is 19.0. The van der Waals surface area contributed by atoms with Crippen LogP contribution in [-0.2, 0) is 14.3 Å². The van der Waals surface area contributed by atoms with Crippen LogP contribution in [0.15, 0.2) is 24.3 Å². The lowest BCUT2D eigenvalue weighted by Crippen LogP contribution is -2.54. The van der Waals surface area contributed by atoms with Crippen LogP contribution < -0.4 is 10.6 Å². The standard InChI is InChI=1S/C22H35N3O5/c1-8-25(20(28)17(13-26)24-21(29)30-22(5,6)7)18(19(27)23-14(2)3)16-11-9-10-15(4)12-16/h9-12,14,17-18,26H,8,13H2,1-7H3,(H,23,27)(H,24,29). The van der Waals surface area contributed by atoms with Crippen LogP contribution in [0, 0.1) is 6.92 Å². The molecule has 2 unspecified atom stereocenters. The van der Waals surface area contributed by atoms with Crippen LogP contribution in [0.3, 0.4) is 0 Å². The summed E-state index contributed by atoms with van der Waals surface area (Å²) in [4.78, 5) is 39.7. The summed E-state index contributed by atoms with van der Waals surface area (Å²) in [5, 5.41) is 15.0. The number of rotatable bonds is 8. The normalized spacial score (nSPS) is 13.4. The predicted octanol–water partition coefficient (Wildman–Crippen LogP) is 2.29. The summed E-state index contributed by atoms with van der Waals surface area (Å²) in [7, 11) is 0. The maximum absolute atomic E-state index is 13.2. The number of aliphatic hydroxyl groups excluding tert-OH is 1. The first-order chi connectivity index (χ1) is 13.9. The van der Waals surface area contributed by atoms with Gasteiger partial charge in [-0.25, -0.2) is 4.79 Å². The molecule has 0 saturated heterocycles. The number of aryl methyl sites for hydroxylation is 1. The van der Waals surface area contributed by atoms with E-state index in [4.69, 9.17) is 4.74 Å². The van der Waals surface area contributed by atoms with Gasteiger partial charge < -0.3 is 25.4 Å². The SMILES string of the molecule is CCN(C(=O)C(CO)NC(=O)OC(C)(C)C)C(C(=O)NC(C)C)c1cccc(C)c1. The smallest absolute Gasteiger partial charge is 0.408 e.